The minimum Gasteiger partial charge on any atom is -0.487 e. The lowest BCUT2D eigenvalue weighted by Crippen LogP contribution is -1.97. The number of hydrogen-bond donors (Lipinski definition) is 0. The van der Waals surface area contributed by atoms with Crippen molar-refractivity contribution in [1.29, 1.82) is 0 Å². The number of aryl methyl sites for hydroxylation is 2. The molecule has 0 fully saturated rings. The minimum absolute atomic E-state index is 0.316. The van der Waals surface area contributed by atoms with Crippen LogP contribution in [0.15, 0.2) is 30.6 Å². The Morgan fingerprint density at radius 1 is 1.40 bits per heavy atom. The number of alkyl halides is 1. The van der Waals surface area contributed by atoms with E-state index in [1.165, 1.54) is 0 Å². The van der Waals surface area contributed by atoms with Crippen molar-refractivity contribution in [3.05, 3.63) is 47.3 Å². The molecule has 1 aromatic carbocycles. The molecule has 20 heavy (non-hydrogen) atoms. The molecule has 0 aliphatic heterocycles. The van der Waals surface area contributed by atoms with Crippen LogP contribution < -0.4 is 4.74 Å². The fourth-order valence-electron chi connectivity index (χ4n) is 1.81. The number of aromatic nitrogens is 2. The largest absolute Gasteiger partial charge is 0.487 e. The second-order valence-electron chi connectivity index (χ2n) is 4.43. The zero-order valence-electron chi connectivity index (χ0n) is 11.7. The van der Waals surface area contributed by atoms with Gasteiger partial charge in [0.25, 0.3) is 0 Å². The second-order valence-corrected chi connectivity index (χ2v) is 4.70. The van der Waals surface area contributed by atoms with E-state index in [2.05, 4.69) is 23.9 Å². The van der Waals surface area contributed by atoms with Crippen molar-refractivity contribution in [2.45, 2.75) is 27.0 Å². The number of ether oxygens (including phenoxy) is 1. The Kier molecular flexibility index (Phi) is 5.09. The van der Waals surface area contributed by atoms with Gasteiger partial charge in [0.2, 0.25) is 0 Å². The van der Waals surface area contributed by atoms with Gasteiger partial charge < -0.3 is 4.74 Å². The number of halogens is 1. The molecule has 0 unspecified atom stereocenters. The average Bonchev–Trinajstić information content (AvgIpc) is 2.92. The Balaban J connectivity index is 2.12. The highest BCUT2D eigenvalue weighted by atomic mass is 35.5. The number of nitrogens with zero attached hydrogens (tertiary/aromatic N) is 2. The van der Waals surface area contributed by atoms with Gasteiger partial charge in [0.05, 0.1) is 17.6 Å². The fraction of sp³-hybridized carbons (Fsp3) is 0.312. The molecule has 0 atom stereocenters. The van der Waals surface area contributed by atoms with Crippen molar-refractivity contribution in [1.82, 2.24) is 9.78 Å². The first-order valence-corrected chi connectivity index (χ1v) is 7.06. The second kappa shape index (κ2) is 7.02. The topological polar surface area (TPSA) is 27.1 Å². The van der Waals surface area contributed by atoms with Gasteiger partial charge in [0.15, 0.2) is 0 Å². The highest BCUT2D eigenvalue weighted by Gasteiger charge is 2.04. The molecule has 0 amide bonds. The first-order chi connectivity index (χ1) is 9.72. The minimum atomic E-state index is 0.316. The van der Waals surface area contributed by atoms with Crippen LogP contribution in [-0.4, -0.2) is 15.7 Å². The van der Waals surface area contributed by atoms with Gasteiger partial charge in [-0.2, -0.15) is 5.10 Å². The summed E-state index contributed by atoms with van der Waals surface area (Å²) >= 11 is 5.61. The Labute approximate surface area is 124 Å². The van der Waals surface area contributed by atoms with E-state index >= 15 is 0 Å². The summed E-state index contributed by atoms with van der Waals surface area (Å²) < 4.78 is 7.71. The van der Waals surface area contributed by atoms with Crippen LogP contribution in [0.3, 0.4) is 0 Å². The molecular weight excluding hydrogens is 272 g/mol. The van der Waals surface area contributed by atoms with E-state index in [1.54, 1.807) is 0 Å². The molecule has 0 aliphatic rings. The third-order valence-corrected chi connectivity index (χ3v) is 2.96. The Hall–Kier alpha value is -1.92. The summed E-state index contributed by atoms with van der Waals surface area (Å²) in [7, 11) is 0. The van der Waals surface area contributed by atoms with E-state index in [1.807, 2.05) is 42.2 Å². The summed E-state index contributed by atoms with van der Waals surface area (Å²) in [6, 6.07) is 5.96. The molecule has 1 heterocycles. The Morgan fingerprint density at radius 3 is 2.95 bits per heavy atom. The van der Waals surface area contributed by atoms with Gasteiger partial charge >= 0.3 is 0 Å². The normalized spacial score (nSPS) is 9.95. The molecule has 0 aliphatic carbocycles. The van der Waals surface area contributed by atoms with Gasteiger partial charge in [0, 0.05) is 18.3 Å². The highest BCUT2D eigenvalue weighted by Crippen LogP contribution is 2.20. The van der Waals surface area contributed by atoms with Crippen LogP contribution in [0.1, 0.15) is 23.6 Å². The molecule has 2 aromatic rings. The maximum absolute atomic E-state index is 5.83. The number of hydrogen-bond acceptors (Lipinski definition) is 2. The van der Waals surface area contributed by atoms with Crippen LogP contribution in [0, 0.1) is 18.8 Å². The van der Waals surface area contributed by atoms with E-state index in [0.717, 1.165) is 29.0 Å². The highest BCUT2D eigenvalue weighted by molar-refractivity contribution is 6.19. The van der Waals surface area contributed by atoms with Crippen molar-refractivity contribution < 1.29 is 4.74 Å². The van der Waals surface area contributed by atoms with Crippen LogP contribution in [0.2, 0.25) is 0 Å². The fourth-order valence-corrected chi connectivity index (χ4v) is 1.88. The molecule has 4 heteroatoms. The number of benzene rings is 1. The average molecular weight is 289 g/mol. The molecule has 0 bridgehead atoms. The first kappa shape index (κ1) is 14.5. The summed E-state index contributed by atoms with van der Waals surface area (Å²) in [5.41, 5.74) is 3.06. The monoisotopic (exact) mass is 288 g/mol. The summed E-state index contributed by atoms with van der Waals surface area (Å²) in [4.78, 5) is 0. The summed E-state index contributed by atoms with van der Waals surface area (Å²) in [5, 5.41) is 4.22. The van der Waals surface area contributed by atoms with E-state index < -0.39 is 0 Å². The zero-order valence-corrected chi connectivity index (χ0v) is 12.4. The van der Waals surface area contributed by atoms with Gasteiger partial charge in [-0.05, 0) is 31.5 Å². The van der Waals surface area contributed by atoms with Gasteiger partial charge in [-0.25, -0.2) is 0 Å². The molecule has 0 radical (unpaired) electrons. The predicted molar refractivity (Wildman–Crippen MR) is 81.0 cm³/mol. The van der Waals surface area contributed by atoms with Crippen molar-refractivity contribution in [3.8, 4) is 17.6 Å². The van der Waals surface area contributed by atoms with E-state index in [9.17, 15) is 0 Å². The van der Waals surface area contributed by atoms with Gasteiger partial charge in [-0.3, -0.25) is 4.68 Å². The van der Waals surface area contributed by atoms with Gasteiger partial charge in [0.1, 0.15) is 12.4 Å². The van der Waals surface area contributed by atoms with Crippen LogP contribution >= 0.6 is 11.6 Å². The van der Waals surface area contributed by atoms with Crippen molar-refractivity contribution in [2.24, 2.45) is 0 Å². The van der Waals surface area contributed by atoms with Crippen LogP contribution in [-0.2, 0) is 13.2 Å². The van der Waals surface area contributed by atoms with Crippen LogP contribution in [0.5, 0.6) is 5.75 Å². The zero-order chi connectivity index (χ0) is 14.4. The molecule has 3 nitrogen and oxygen atoms in total. The molecule has 0 saturated heterocycles. The number of rotatable bonds is 4. The lowest BCUT2D eigenvalue weighted by atomic mass is 10.1. The van der Waals surface area contributed by atoms with E-state index in [4.69, 9.17) is 16.3 Å². The molecule has 0 spiro atoms. The Morgan fingerprint density at radius 2 is 2.25 bits per heavy atom. The SMILES string of the molecule is CCn1cc(COc2ccc(C)cc2C#CCCl)cn1. The van der Waals surface area contributed by atoms with Crippen LogP contribution in [0.4, 0.5) is 0 Å². The van der Waals surface area contributed by atoms with E-state index in [-0.39, 0.29) is 0 Å². The maximum atomic E-state index is 5.83. The summed E-state index contributed by atoms with van der Waals surface area (Å²) in [6.07, 6.45) is 3.81. The molecule has 1 aromatic heterocycles. The van der Waals surface area contributed by atoms with Crippen LogP contribution in [0.25, 0.3) is 0 Å². The third-order valence-electron chi connectivity index (χ3n) is 2.83. The lowest BCUT2D eigenvalue weighted by Gasteiger charge is -2.08. The van der Waals surface area contributed by atoms with Gasteiger partial charge in [-0.1, -0.05) is 17.9 Å². The predicted octanol–water partition coefficient (Wildman–Crippen LogP) is 3.38. The molecule has 0 saturated carbocycles. The lowest BCUT2D eigenvalue weighted by molar-refractivity contribution is 0.305. The van der Waals surface area contributed by atoms with Crippen molar-refractivity contribution in [3.63, 3.8) is 0 Å². The Bertz CT molecular complexity index is 637. The van der Waals surface area contributed by atoms with Crippen molar-refractivity contribution >= 4 is 11.6 Å². The molecular formula is C16H17ClN2O. The smallest absolute Gasteiger partial charge is 0.135 e. The van der Waals surface area contributed by atoms with Crippen molar-refractivity contribution in [2.75, 3.05) is 5.88 Å². The quantitative estimate of drug-likeness (QED) is 0.637. The first-order valence-electron chi connectivity index (χ1n) is 6.52. The van der Waals surface area contributed by atoms with E-state index in [0.29, 0.717) is 12.5 Å². The summed E-state index contributed by atoms with van der Waals surface area (Å²) in [6.45, 7) is 5.42. The molecule has 2 rings (SSSR count). The maximum Gasteiger partial charge on any atom is 0.135 e. The molecule has 104 valence electrons. The summed E-state index contributed by atoms with van der Waals surface area (Å²) in [5.74, 6) is 6.98. The van der Waals surface area contributed by atoms with Gasteiger partial charge in [-0.15, -0.1) is 11.6 Å². The third kappa shape index (κ3) is 3.79. The molecule has 0 N–H and O–H groups in total. The standard InChI is InChI=1S/C16H17ClN2O/c1-3-19-11-14(10-18-19)12-20-16-7-6-13(2)9-15(16)5-4-8-17/h6-7,9-11H,3,8,12H2,1-2H3.